The zero-order valence-corrected chi connectivity index (χ0v) is 16.1. The Morgan fingerprint density at radius 1 is 1.00 bits per heavy atom. The second kappa shape index (κ2) is 5.61. The lowest BCUT2D eigenvalue weighted by Crippen LogP contribution is -2.23. The summed E-state index contributed by atoms with van der Waals surface area (Å²) in [6.45, 7) is 0.0863. The molecule has 0 aliphatic heterocycles. The van der Waals surface area contributed by atoms with Crippen LogP contribution in [-0.2, 0) is 24.9 Å². The summed E-state index contributed by atoms with van der Waals surface area (Å²) in [6, 6.07) is 8.26. The van der Waals surface area contributed by atoms with Gasteiger partial charge in [-0.3, -0.25) is 0 Å². The Balaban J connectivity index is 2.04. The van der Waals surface area contributed by atoms with Gasteiger partial charge in [-0.15, -0.1) is 0 Å². The van der Waals surface area contributed by atoms with E-state index in [-0.39, 0.29) is 12.0 Å². The lowest BCUT2D eigenvalue weighted by molar-refractivity contribution is 0.278. The molecule has 1 spiro atoms. The van der Waals surface area contributed by atoms with Crippen LogP contribution in [0.1, 0.15) is 40.7 Å². The van der Waals surface area contributed by atoms with Gasteiger partial charge in [0.1, 0.15) is 5.75 Å². The molecule has 0 bridgehead atoms. The van der Waals surface area contributed by atoms with Crippen molar-refractivity contribution in [2.75, 3.05) is 7.11 Å². The predicted molar refractivity (Wildman–Crippen MR) is 98.2 cm³/mol. The maximum atomic E-state index is 9.91. The van der Waals surface area contributed by atoms with Crippen molar-refractivity contribution < 1.29 is 9.84 Å². The Labute approximate surface area is 153 Å². The van der Waals surface area contributed by atoms with Crippen LogP contribution in [0, 0.1) is 0 Å². The van der Waals surface area contributed by atoms with Crippen LogP contribution in [0.5, 0.6) is 5.75 Å². The van der Waals surface area contributed by atoms with Crippen LogP contribution in [0.2, 0.25) is 0 Å². The molecule has 0 aromatic heterocycles. The first-order valence-corrected chi connectivity index (χ1v) is 9.48. The maximum absolute atomic E-state index is 9.91. The van der Waals surface area contributed by atoms with Crippen molar-refractivity contribution in [3.63, 3.8) is 0 Å². The summed E-state index contributed by atoms with van der Waals surface area (Å²) in [6.07, 6.45) is 4.25. The van der Waals surface area contributed by atoms with Gasteiger partial charge in [0.15, 0.2) is 0 Å². The van der Waals surface area contributed by atoms with Gasteiger partial charge in [0.25, 0.3) is 0 Å². The minimum absolute atomic E-state index is 0.0262. The van der Waals surface area contributed by atoms with E-state index in [1.165, 1.54) is 26.7 Å². The summed E-state index contributed by atoms with van der Waals surface area (Å²) >= 11 is 7.43. The third-order valence-corrected chi connectivity index (χ3v) is 7.00. The normalized spacial score (nSPS) is 21.6. The number of hydrogen-bond acceptors (Lipinski definition) is 2. The van der Waals surface area contributed by atoms with Crippen LogP contribution in [0.15, 0.2) is 33.2 Å². The Bertz CT molecular complexity index is 731. The molecule has 120 valence electrons. The highest BCUT2D eigenvalue weighted by molar-refractivity contribution is 9.10. The minimum atomic E-state index is -0.0262. The van der Waals surface area contributed by atoms with E-state index in [4.69, 9.17) is 4.74 Å². The average molecular weight is 438 g/mol. The zero-order chi connectivity index (χ0) is 16.2. The number of aliphatic hydroxyl groups is 1. The molecule has 1 N–H and O–H groups in total. The largest absolute Gasteiger partial charge is 0.496 e. The Kier molecular flexibility index (Phi) is 3.82. The van der Waals surface area contributed by atoms with E-state index in [2.05, 4.69) is 56.1 Å². The van der Waals surface area contributed by atoms with Crippen LogP contribution < -0.4 is 4.74 Å². The molecule has 2 aliphatic carbocycles. The third-order valence-electron chi connectivity index (χ3n) is 5.51. The van der Waals surface area contributed by atoms with Crippen molar-refractivity contribution in [3.8, 4) is 5.75 Å². The number of methoxy groups -OCH3 is 1. The van der Waals surface area contributed by atoms with E-state index in [1.54, 1.807) is 7.11 Å². The van der Waals surface area contributed by atoms with E-state index in [9.17, 15) is 5.11 Å². The van der Waals surface area contributed by atoms with E-state index >= 15 is 0 Å². The molecule has 2 aromatic carbocycles. The first kappa shape index (κ1) is 15.7. The summed E-state index contributed by atoms with van der Waals surface area (Å²) < 4.78 is 8.04. The molecule has 4 rings (SSSR count). The Morgan fingerprint density at radius 2 is 1.61 bits per heavy atom. The topological polar surface area (TPSA) is 29.5 Å². The summed E-state index contributed by atoms with van der Waals surface area (Å²) in [5.74, 6) is 0.970. The van der Waals surface area contributed by atoms with Crippen molar-refractivity contribution >= 4 is 31.9 Å². The number of hydrogen-bond donors (Lipinski definition) is 1. The molecule has 4 heteroatoms. The maximum Gasteiger partial charge on any atom is 0.123 e. The smallest absolute Gasteiger partial charge is 0.123 e. The molecule has 2 aromatic rings. The highest BCUT2D eigenvalue weighted by atomic mass is 79.9. The van der Waals surface area contributed by atoms with Gasteiger partial charge in [-0.25, -0.2) is 0 Å². The Morgan fingerprint density at radius 3 is 2.22 bits per heavy atom. The number of fused-ring (bicyclic) bond motifs is 4. The van der Waals surface area contributed by atoms with Crippen LogP contribution in [0.25, 0.3) is 0 Å². The summed E-state index contributed by atoms with van der Waals surface area (Å²) in [7, 11) is 1.75. The standard InChI is InChI=1S/C19H18Br2O2/c1-23-16-5-4-15(21)13-7-9-19(18(13)16)8-6-12-14(20)3-2-11(10-22)17(12)19/h2-5,22H,6-10H2,1H3. The van der Waals surface area contributed by atoms with Gasteiger partial charge in [0, 0.05) is 19.9 Å². The minimum Gasteiger partial charge on any atom is -0.496 e. The lowest BCUT2D eigenvalue weighted by Gasteiger charge is -2.30. The molecule has 23 heavy (non-hydrogen) atoms. The molecule has 1 unspecified atom stereocenters. The molecular formula is C19H18Br2O2. The van der Waals surface area contributed by atoms with Crippen LogP contribution >= 0.6 is 31.9 Å². The van der Waals surface area contributed by atoms with Crippen molar-refractivity contribution in [1.82, 2.24) is 0 Å². The van der Waals surface area contributed by atoms with Gasteiger partial charge in [0.05, 0.1) is 13.7 Å². The molecular weight excluding hydrogens is 420 g/mol. The van der Waals surface area contributed by atoms with Crippen LogP contribution in [-0.4, -0.2) is 12.2 Å². The quantitative estimate of drug-likeness (QED) is 0.724. The molecule has 2 aliphatic rings. The number of rotatable bonds is 2. The zero-order valence-electron chi connectivity index (χ0n) is 13.0. The van der Waals surface area contributed by atoms with E-state index in [0.29, 0.717) is 0 Å². The second-order valence-electron chi connectivity index (χ2n) is 6.40. The Hall–Kier alpha value is -0.840. The molecule has 2 nitrogen and oxygen atoms in total. The first-order chi connectivity index (χ1) is 11.1. The molecule has 1 atom stereocenters. The molecule has 0 radical (unpaired) electrons. The van der Waals surface area contributed by atoms with Crippen molar-refractivity contribution in [2.45, 2.75) is 37.7 Å². The van der Waals surface area contributed by atoms with Crippen molar-refractivity contribution in [3.05, 3.63) is 61.0 Å². The number of halogens is 2. The van der Waals surface area contributed by atoms with Crippen LogP contribution in [0.3, 0.4) is 0 Å². The summed E-state index contributed by atoms with van der Waals surface area (Å²) in [5.41, 5.74) is 6.38. The monoisotopic (exact) mass is 436 g/mol. The lowest BCUT2D eigenvalue weighted by atomic mass is 9.74. The van der Waals surface area contributed by atoms with E-state index in [0.717, 1.165) is 41.5 Å². The van der Waals surface area contributed by atoms with Gasteiger partial charge in [0.2, 0.25) is 0 Å². The highest BCUT2D eigenvalue weighted by Crippen LogP contribution is 2.58. The van der Waals surface area contributed by atoms with Gasteiger partial charge < -0.3 is 9.84 Å². The fourth-order valence-electron chi connectivity index (χ4n) is 4.61. The van der Waals surface area contributed by atoms with Gasteiger partial charge in [-0.2, -0.15) is 0 Å². The van der Waals surface area contributed by atoms with Gasteiger partial charge in [-0.05, 0) is 66.1 Å². The number of ether oxygens (including phenoxy) is 1. The fourth-order valence-corrected chi connectivity index (χ4v) is 5.67. The number of aliphatic hydroxyl groups excluding tert-OH is 1. The third kappa shape index (κ3) is 2.08. The molecule has 0 fully saturated rings. The van der Waals surface area contributed by atoms with E-state index < -0.39 is 0 Å². The predicted octanol–water partition coefficient (Wildman–Crippen LogP) is 4.89. The molecule has 0 saturated heterocycles. The fraction of sp³-hybridized carbons (Fsp3) is 0.368. The summed E-state index contributed by atoms with van der Waals surface area (Å²) in [5, 5.41) is 9.91. The SMILES string of the molecule is COc1ccc(Br)c2c1C1(CCc3c(Br)ccc(CO)c31)CC2. The van der Waals surface area contributed by atoms with Crippen LogP contribution in [0.4, 0.5) is 0 Å². The van der Waals surface area contributed by atoms with Crippen molar-refractivity contribution in [1.29, 1.82) is 0 Å². The van der Waals surface area contributed by atoms with Gasteiger partial charge >= 0.3 is 0 Å². The van der Waals surface area contributed by atoms with Gasteiger partial charge in [-0.1, -0.05) is 37.9 Å². The molecule has 0 heterocycles. The summed E-state index contributed by atoms with van der Waals surface area (Å²) in [4.78, 5) is 0. The number of benzene rings is 2. The molecule has 0 saturated carbocycles. The first-order valence-electron chi connectivity index (χ1n) is 7.90. The highest BCUT2D eigenvalue weighted by Gasteiger charge is 2.48. The average Bonchev–Trinajstić information content (AvgIpc) is 3.14. The van der Waals surface area contributed by atoms with E-state index in [1.807, 2.05) is 0 Å². The molecule has 0 amide bonds. The van der Waals surface area contributed by atoms with Crippen molar-refractivity contribution in [2.24, 2.45) is 0 Å². The second-order valence-corrected chi connectivity index (χ2v) is 8.11.